The first-order chi connectivity index (χ1) is 17.2. The third-order valence-corrected chi connectivity index (χ3v) is 5.44. The molecule has 0 aliphatic rings. The molecule has 0 spiro atoms. The van der Waals surface area contributed by atoms with Crippen LogP contribution in [0.5, 0.6) is 11.5 Å². The fourth-order valence-electron chi connectivity index (χ4n) is 2.93. The number of hydrogen-bond donors (Lipinski definition) is 3. The van der Waals surface area contributed by atoms with Crippen molar-refractivity contribution in [3.05, 3.63) is 81.3 Å². The number of hydrazone groups is 1. The second-order valence-corrected chi connectivity index (χ2v) is 8.65. The molecule has 3 aromatic carbocycles. The lowest BCUT2D eigenvalue weighted by Crippen LogP contribution is -2.32. The summed E-state index contributed by atoms with van der Waals surface area (Å²) >= 11 is 9.37. The minimum Gasteiger partial charge on any atom is -0.493 e. The molecular weight excluding hydrogens is 552 g/mol. The molecule has 3 rings (SSSR count). The van der Waals surface area contributed by atoms with E-state index in [2.05, 4.69) is 37.1 Å². The zero-order chi connectivity index (χ0) is 26.1. The Labute approximate surface area is 220 Å². The number of ether oxygens (including phenoxy) is 2. The Morgan fingerprint density at radius 1 is 0.972 bits per heavy atom. The minimum absolute atomic E-state index is 0.214. The Balaban J connectivity index is 1.58. The summed E-state index contributed by atoms with van der Waals surface area (Å²) in [5.74, 6) is -1.12. The van der Waals surface area contributed by atoms with Crippen molar-refractivity contribution in [3.63, 3.8) is 0 Å². The van der Waals surface area contributed by atoms with E-state index in [1.807, 2.05) is 12.1 Å². The smallest absolute Gasteiger partial charge is 0.329 e. The van der Waals surface area contributed by atoms with E-state index >= 15 is 0 Å². The number of benzene rings is 3. The van der Waals surface area contributed by atoms with Gasteiger partial charge in [-0.25, -0.2) is 5.43 Å². The van der Waals surface area contributed by atoms with Crippen LogP contribution in [0.2, 0.25) is 5.02 Å². The lowest BCUT2D eigenvalue weighted by atomic mass is 10.2. The van der Waals surface area contributed by atoms with E-state index < -0.39 is 11.8 Å². The Morgan fingerprint density at radius 2 is 1.61 bits per heavy atom. The van der Waals surface area contributed by atoms with E-state index in [1.54, 1.807) is 48.5 Å². The molecule has 0 aliphatic heterocycles. The van der Waals surface area contributed by atoms with Gasteiger partial charge >= 0.3 is 11.8 Å². The van der Waals surface area contributed by atoms with Crippen molar-refractivity contribution in [2.24, 2.45) is 5.10 Å². The normalized spacial score (nSPS) is 10.6. The van der Waals surface area contributed by atoms with Gasteiger partial charge < -0.3 is 20.1 Å². The summed E-state index contributed by atoms with van der Waals surface area (Å²) < 4.78 is 11.9. The number of carbonyl (C=O) groups is 3. The summed E-state index contributed by atoms with van der Waals surface area (Å²) in [6.07, 6.45) is 1.36. The molecule has 0 heterocycles. The average Bonchev–Trinajstić information content (AvgIpc) is 2.85. The molecule has 9 nitrogen and oxygen atoms in total. The predicted molar refractivity (Wildman–Crippen MR) is 142 cm³/mol. The van der Waals surface area contributed by atoms with Crippen LogP contribution >= 0.6 is 27.5 Å². The molecule has 11 heteroatoms. The molecule has 0 aromatic heterocycles. The van der Waals surface area contributed by atoms with Gasteiger partial charge in [-0.15, -0.1) is 0 Å². The van der Waals surface area contributed by atoms with Crippen molar-refractivity contribution in [1.82, 2.24) is 5.43 Å². The van der Waals surface area contributed by atoms with Gasteiger partial charge in [-0.05, 0) is 75.6 Å². The second kappa shape index (κ2) is 12.7. The summed E-state index contributed by atoms with van der Waals surface area (Å²) in [6.45, 7) is 1.70. The number of rotatable bonds is 8. The molecule has 0 radical (unpaired) electrons. The van der Waals surface area contributed by atoms with Crippen LogP contribution in [0.15, 0.2) is 70.2 Å². The minimum atomic E-state index is -0.953. The maximum atomic E-state index is 12.1. The first-order valence-electron chi connectivity index (χ1n) is 10.5. The van der Waals surface area contributed by atoms with Gasteiger partial charge in [0, 0.05) is 23.3 Å². The first-order valence-corrected chi connectivity index (χ1v) is 11.7. The highest BCUT2D eigenvalue weighted by molar-refractivity contribution is 9.10. The van der Waals surface area contributed by atoms with Crippen LogP contribution in [0.3, 0.4) is 0 Å². The van der Waals surface area contributed by atoms with Crippen molar-refractivity contribution in [2.45, 2.75) is 13.5 Å². The largest absolute Gasteiger partial charge is 0.493 e. The van der Waals surface area contributed by atoms with Crippen molar-refractivity contribution < 1.29 is 23.9 Å². The highest BCUT2D eigenvalue weighted by atomic mass is 79.9. The Hall–Kier alpha value is -3.89. The van der Waals surface area contributed by atoms with E-state index in [9.17, 15) is 14.4 Å². The molecule has 0 unspecified atom stereocenters. The highest BCUT2D eigenvalue weighted by Gasteiger charge is 2.14. The van der Waals surface area contributed by atoms with Crippen molar-refractivity contribution in [2.75, 3.05) is 17.7 Å². The van der Waals surface area contributed by atoms with Crippen LogP contribution in [-0.2, 0) is 21.0 Å². The summed E-state index contributed by atoms with van der Waals surface area (Å²) in [5, 5.41) is 9.53. The number of anilines is 2. The van der Waals surface area contributed by atoms with Gasteiger partial charge in [0.15, 0.2) is 11.5 Å². The van der Waals surface area contributed by atoms with Gasteiger partial charge in [0.2, 0.25) is 5.91 Å². The standard InChI is InChI=1S/C25H22BrClN4O5/c1-15(32)29-19-7-9-20(10-8-19)30-24(33)25(34)31-28-13-17-11-21(26)23(22(12-17)35-2)36-14-16-3-5-18(27)6-4-16/h3-13H,14H2,1-2H3,(H,29,32)(H,30,33)(H,31,34). The van der Waals surface area contributed by atoms with Crippen molar-refractivity contribution >= 4 is 62.8 Å². The van der Waals surface area contributed by atoms with Crippen LogP contribution in [0.4, 0.5) is 11.4 Å². The lowest BCUT2D eigenvalue weighted by Gasteiger charge is -2.13. The SMILES string of the molecule is COc1cc(C=NNC(=O)C(=O)Nc2ccc(NC(C)=O)cc2)cc(Br)c1OCc1ccc(Cl)cc1. The Morgan fingerprint density at radius 3 is 2.22 bits per heavy atom. The molecule has 186 valence electrons. The number of amides is 3. The number of methoxy groups -OCH3 is 1. The van der Waals surface area contributed by atoms with E-state index in [0.717, 1.165) is 5.56 Å². The van der Waals surface area contributed by atoms with Crippen molar-refractivity contribution in [1.29, 1.82) is 0 Å². The third-order valence-electron chi connectivity index (χ3n) is 4.60. The van der Waals surface area contributed by atoms with Gasteiger partial charge in [0.25, 0.3) is 0 Å². The van der Waals surface area contributed by atoms with Gasteiger partial charge in [-0.1, -0.05) is 23.7 Å². The summed E-state index contributed by atoms with van der Waals surface area (Å²) in [6, 6.07) is 17.0. The molecule has 0 aliphatic carbocycles. The van der Waals surface area contributed by atoms with Crippen LogP contribution < -0.4 is 25.5 Å². The summed E-state index contributed by atoms with van der Waals surface area (Å²) in [4.78, 5) is 35.2. The Bertz CT molecular complexity index is 1280. The summed E-state index contributed by atoms with van der Waals surface area (Å²) in [5.41, 5.74) is 4.65. The Kier molecular flexibility index (Phi) is 9.43. The molecule has 0 fully saturated rings. The second-order valence-electron chi connectivity index (χ2n) is 7.36. The summed E-state index contributed by atoms with van der Waals surface area (Å²) in [7, 11) is 1.51. The molecule has 3 amide bonds. The zero-order valence-electron chi connectivity index (χ0n) is 19.3. The maximum absolute atomic E-state index is 12.1. The highest BCUT2D eigenvalue weighted by Crippen LogP contribution is 2.37. The van der Waals surface area contributed by atoms with Gasteiger partial charge in [0.1, 0.15) is 6.61 Å². The molecule has 3 N–H and O–H groups in total. The topological polar surface area (TPSA) is 118 Å². The zero-order valence-corrected chi connectivity index (χ0v) is 21.6. The predicted octanol–water partition coefficient (Wildman–Crippen LogP) is 4.74. The maximum Gasteiger partial charge on any atom is 0.329 e. The van der Waals surface area contributed by atoms with Crippen LogP contribution in [0.1, 0.15) is 18.1 Å². The van der Waals surface area contributed by atoms with Gasteiger partial charge in [-0.3, -0.25) is 14.4 Å². The number of nitrogens with zero attached hydrogens (tertiary/aromatic N) is 1. The molecule has 3 aromatic rings. The molecule has 0 bridgehead atoms. The van der Waals surface area contributed by atoms with Crippen LogP contribution in [-0.4, -0.2) is 31.0 Å². The average molecular weight is 574 g/mol. The molecule has 0 saturated heterocycles. The van der Waals surface area contributed by atoms with Crippen LogP contribution in [0.25, 0.3) is 0 Å². The fraction of sp³-hybridized carbons (Fsp3) is 0.120. The first kappa shape index (κ1) is 26.7. The van der Waals surface area contributed by atoms with E-state index in [0.29, 0.717) is 44.5 Å². The third kappa shape index (κ3) is 7.82. The molecule has 0 saturated carbocycles. The number of nitrogens with one attached hydrogen (secondary N) is 3. The monoisotopic (exact) mass is 572 g/mol. The molecular formula is C25H22BrClN4O5. The van der Waals surface area contributed by atoms with Gasteiger partial charge in [-0.2, -0.15) is 5.10 Å². The number of halogens is 2. The molecule has 0 atom stereocenters. The quantitative estimate of drug-likeness (QED) is 0.204. The number of carbonyl (C=O) groups excluding carboxylic acids is 3. The molecule has 36 heavy (non-hydrogen) atoms. The van der Waals surface area contributed by atoms with Gasteiger partial charge in [0.05, 0.1) is 17.8 Å². The number of hydrogen-bond acceptors (Lipinski definition) is 6. The van der Waals surface area contributed by atoms with E-state index in [-0.39, 0.29) is 5.91 Å². The lowest BCUT2D eigenvalue weighted by molar-refractivity contribution is -0.136. The van der Waals surface area contributed by atoms with Crippen LogP contribution in [0, 0.1) is 0 Å². The fourth-order valence-corrected chi connectivity index (χ4v) is 3.63. The van der Waals surface area contributed by atoms with E-state index in [1.165, 1.54) is 20.2 Å². The van der Waals surface area contributed by atoms with E-state index in [4.69, 9.17) is 21.1 Å². The van der Waals surface area contributed by atoms with Crippen molar-refractivity contribution in [3.8, 4) is 11.5 Å².